The van der Waals surface area contributed by atoms with Gasteiger partial charge in [-0.05, 0) is 32.7 Å². The fourth-order valence-electron chi connectivity index (χ4n) is 2.82. The number of likely N-dealkylation sites (N-methyl/N-ethyl adjacent to an activating group) is 1. The first-order valence-electron chi connectivity index (χ1n) is 7.07. The van der Waals surface area contributed by atoms with E-state index in [-0.39, 0.29) is 16.8 Å². The smallest absolute Gasteiger partial charge is 0.326 e. The first-order chi connectivity index (χ1) is 9.99. The van der Waals surface area contributed by atoms with Crippen LogP contribution in [0.3, 0.4) is 0 Å². The number of carbonyl (C=O) groups excluding carboxylic acids is 1. The maximum absolute atomic E-state index is 12.1. The molecule has 1 aliphatic carbocycles. The second kappa shape index (κ2) is 6.62. The number of rotatable bonds is 5. The number of nitrogens with zero attached hydrogens (tertiary/aromatic N) is 1. The quantitative estimate of drug-likeness (QED) is 0.629. The fourth-order valence-corrected chi connectivity index (χ4v) is 4.09. The molecule has 0 saturated heterocycles. The Morgan fingerprint density at radius 3 is 3.05 bits per heavy atom. The van der Waals surface area contributed by atoms with Crippen LogP contribution in [0, 0.1) is 6.92 Å². The number of hydrogen-bond donors (Lipinski definition) is 2. The van der Waals surface area contributed by atoms with Gasteiger partial charge < -0.3 is 15.0 Å². The second-order valence-corrected chi connectivity index (χ2v) is 6.57. The Bertz CT molecular complexity index is 575. The molecule has 1 aliphatic rings. The summed E-state index contributed by atoms with van der Waals surface area (Å²) in [6.45, 7) is 4.49. The molecule has 0 bridgehead atoms. The third kappa shape index (κ3) is 3.65. The highest BCUT2D eigenvalue weighted by Crippen LogP contribution is 2.39. The molecule has 2 atom stereocenters. The maximum atomic E-state index is 12.1. The number of carbonyl (C=O) groups is 1. The summed E-state index contributed by atoms with van der Waals surface area (Å²) in [6.07, 6.45) is 2.29. The summed E-state index contributed by atoms with van der Waals surface area (Å²) in [5.74, 6) is -0.210. The van der Waals surface area contributed by atoms with Crippen LogP contribution in [0.15, 0.2) is 16.0 Å². The van der Waals surface area contributed by atoms with Gasteiger partial charge >= 0.3 is 5.97 Å². The van der Waals surface area contributed by atoms with Crippen molar-refractivity contribution in [2.24, 2.45) is 0 Å². The lowest BCUT2D eigenvalue weighted by atomic mass is 9.98. The number of nitrogens with one attached hydrogen (secondary N) is 2. The molecular formula is C14H21N3O3S. The van der Waals surface area contributed by atoms with Gasteiger partial charge in [0.25, 0.3) is 5.56 Å². The minimum absolute atomic E-state index is 0.145. The summed E-state index contributed by atoms with van der Waals surface area (Å²) >= 11 is 1.52. The number of thioether (sulfide) groups is 1. The van der Waals surface area contributed by atoms with Crippen LogP contribution in [0.2, 0.25) is 0 Å². The maximum Gasteiger partial charge on any atom is 0.326 e. The zero-order valence-corrected chi connectivity index (χ0v) is 13.4. The average molecular weight is 311 g/mol. The van der Waals surface area contributed by atoms with Gasteiger partial charge in [-0.2, -0.15) is 0 Å². The van der Waals surface area contributed by atoms with Crippen LogP contribution in [0.25, 0.3) is 0 Å². The van der Waals surface area contributed by atoms with E-state index < -0.39 is 5.54 Å². The van der Waals surface area contributed by atoms with E-state index in [0.29, 0.717) is 23.8 Å². The molecule has 1 fully saturated rings. The SMILES string of the molecule is CCNC1(C(=O)OC)CCC(Sc2nc(C)cc(=O)[nH]2)C1. The summed E-state index contributed by atoms with van der Waals surface area (Å²) in [6, 6.07) is 1.47. The molecule has 2 rings (SSSR count). The molecule has 0 radical (unpaired) electrons. The van der Waals surface area contributed by atoms with Gasteiger partial charge in [0.2, 0.25) is 0 Å². The first kappa shape index (κ1) is 16.0. The zero-order chi connectivity index (χ0) is 15.5. The Morgan fingerprint density at radius 1 is 1.67 bits per heavy atom. The van der Waals surface area contributed by atoms with Crippen LogP contribution in [0.1, 0.15) is 31.9 Å². The Morgan fingerprint density at radius 2 is 2.43 bits per heavy atom. The van der Waals surface area contributed by atoms with E-state index in [1.807, 2.05) is 6.92 Å². The predicted octanol–water partition coefficient (Wildman–Crippen LogP) is 1.24. The zero-order valence-electron chi connectivity index (χ0n) is 12.6. The van der Waals surface area contributed by atoms with Crippen LogP contribution >= 0.6 is 11.8 Å². The van der Waals surface area contributed by atoms with Gasteiger partial charge in [0.1, 0.15) is 5.54 Å². The lowest BCUT2D eigenvalue weighted by molar-refractivity contribution is -0.148. The van der Waals surface area contributed by atoms with E-state index in [1.165, 1.54) is 24.9 Å². The lowest BCUT2D eigenvalue weighted by Gasteiger charge is -2.27. The third-order valence-corrected chi connectivity index (χ3v) is 4.84. The third-order valence-electron chi connectivity index (χ3n) is 3.69. The minimum atomic E-state index is -0.606. The Balaban J connectivity index is 2.10. The molecule has 0 amide bonds. The second-order valence-electron chi connectivity index (χ2n) is 5.28. The Kier molecular flexibility index (Phi) is 5.05. The predicted molar refractivity (Wildman–Crippen MR) is 81.5 cm³/mol. The van der Waals surface area contributed by atoms with Crippen molar-refractivity contribution in [1.82, 2.24) is 15.3 Å². The van der Waals surface area contributed by atoms with Crippen molar-refractivity contribution in [3.05, 3.63) is 22.1 Å². The summed E-state index contributed by atoms with van der Waals surface area (Å²) < 4.78 is 4.94. The fraction of sp³-hybridized carbons (Fsp3) is 0.643. The highest BCUT2D eigenvalue weighted by molar-refractivity contribution is 7.99. The van der Waals surface area contributed by atoms with Crippen LogP contribution in [0.5, 0.6) is 0 Å². The summed E-state index contributed by atoms with van der Waals surface area (Å²) in [5, 5.41) is 4.11. The molecule has 21 heavy (non-hydrogen) atoms. The molecular weight excluding hydrogens is 290 g/mol. The van der Waals surface area contributed by atoms with Crippen LogP contribution in [-0.4, -0.2) is 40.4 Å². The molecule has 2 N–H and O–H groups in total. The standard InChI is InChI=1S/C14H21N3O3S/c1-4-15-14(12(19)20-3)6-5-10(8-14)21-13-16-9(2)7-11(18)17-13/h7,10,15H,4-6,8H2,1-3H3,(H,16,17,18). The van der Waals surface area contributed by atoms with Crippen molar-refractivity contribution in [3.63, 3.8) is 0 Å². The van der Waals surface area contributed by atoms with Crippen molar-refractivity contribution in [3.8, 4) is 0 Å². The van der Waals surface area contributed by atoms with Crippen LogP contribution in [-0.2, 0) is 9.53 Å². The lowest BCUT2D eigenvalue weighted by Crippen LogP contribution is -2.50. The Labute approximate surface area is 128 Å². The molecule has 0 spiro atoms. The van der Waals surface area contributed by atoms with Gasteiger partial charge in [-0.25, -0.2) is 4.98 Å². The van der Waals surface area contributed by atoms with Crippen molar-refractivity contribution in [2.75, 3.05) is 13.7 Å². The number of esters is 1. The summed E-state index contributed by atoms with van der Waals surface area (Å²) in [7, 11) is 1.42. The molecule has 7 heteroatoms. The topological polar surface area (TPSA) is 84.1 Å². The monoisotopic (exact) mass is 311 g/mol. The number of methoxy groups -OCH3 is 1. The number of aromatic nitrogens is 2. The molecule has 1 aromatic heterocycles. The molecule has 116 valence electrons. The first-order valence-corrected chi connectivity index (χ1v) is 7.95. The van der Waals surface area contributed by atoms with Gasteiger partial charge in [-0.15, -0.1) is 0 Å². The van der Waals surface area contributed by atoms with E-state index >= 15 is 0 Å². The van der Waals surface area contributed by atoms with Crippen LogP contribution in [0.4, 0.5) is 0 Å². The van der Waals surface area contributed by atoms with E-state index in [4.69, 9.17) is 4.74 Å². The summed E-state index contributed by atoms with van der Waals surface area (Å²) in [5.41, 5.74) is -0.0512. The largest absolute Gasteiger partial charge is 0.468 e. The molecule has 1 heterocycles. The molecule has 6 nitrogen and oxygen atoms in total. The van der Waals surface area contributed by atoms with Gasteiger partial charge in [0.15, 0.2) is 5.16 Å². The molecule has 1 saturated carbocycles. The van der Waals surface area contributed by atoms with Crippen molar-refractivity contribution in [2.45, 2.75) is 49.1 Å². The van der Waals surface area contributed by atoms with Crippen molar-refractivity contribution >= 4 is 17.7 Å². The number of aromatic amines is 1. The van der Waals surface area contributed by atoms with E-state index in [0.717, 1.165) is 12.8 Å². The van der Waals surface area contributed by atoms with Gasteiger partial charge in [0, 0.05) is 17.0 Å². The van der Waals surface area contributed by atoms with Gasteiger partial charge in [-0.3, -0.25) is 9.59 Å². The van der Waals surface area contributed by atoms with Gasteiger partial charge in [-0.1, -0.05) is 18.7 Å². The highest BCUT2D eigenvalue weighted by Gasteiger charge is 2.46. The molecule has 1 aromatic rings. The number of ether oxygens (including phenoxy) is 1. The Hall–Kier alpha value is -1.34. The van der Waals surface area contributed by atoms with Crippen molar-refractivity contribution < 1.29 is 9.53 Å². The highest BCUT2D eigenvalue weighted by atomic mass is 32.2. The summed E-state index contributed by atoms with van der Waals surface area (Å²) in [4.78, 5) is 30.6. The van der Waals surface area contributed by atoms with E-state index in [9.17, 15) is 9.59 Å². The molecule has 2 unspecified atom stereocenters. The molecule has 0 aromatic carbocycles. The molecule has 0 aliphatic heterocycles. The van der Waals surface area contributed by atoms with Gasteiger partial charge in [0.05, 0.1) is 7.11 Å². The number of aryl methyl sites for hydroxylation is 1. The average Bonchev–Trinajstić information content (AvgIpc) is 2.81. The number of H-pyrrole nitrogens is 1. The number of hydrogen-bond acceptors (Lipinski definition) is 6. The van der Waals surface area contributed by atoms with E-state index in [2.05, 4.69) is 15.3 Å². The van der Waals surface area contributed by atoms with Crippen molar-refractivity contribution in [1.29, 1.82) is 0 Å². The van der Waals surface area contributed by atoms with E-state index in [1.54, 1.807) is 6.92 Å². The van der Waals surface area contributed by atoms with Crippen LogP contribution < -0.4 is 10.9 Å². The minimum Gasteiger partial charge on any atom is -0.468 e. The normalized spacial score (nSPS) is 25.0.